The van der Waals surface area contributed by atoms with Gasteiger partial charge >= 0.3 is 0 Å². The first-order valence-electron chi connectivity index (χ1n) is 10.6. The fraction of sp³-hybridized carbons (Fsp3) is 0.478. The molecule has 4 rings (SSSR count). The molecule has 2 aliphatic rings. The van der Waals surface area contributed by atoms with Crippen LogP contribution >= 0.6 is 0 Å². The molecule has 1 atom stereocenters. The Bertz CT molecular complexity index is 896. The molecule has 0 bridgehead atoms. The van der Waals surface area contributed by atoms with Crippen molar-refractivity contribution in [2.24, 2.45) is 0 Å². The zero-order valence-corrected chi connectivity index (χ0v) is 17.1. The highest BCUT2D eigenvalue weighted by Crippen LogP contribution is 2.31. The Hall–Kier alpha value is -2.63. The third kappa shape index (κ3) is 4.07. The van der Waals surface area contributed by atoms with Crippen molar-refractivity contribution in [3.63, 3.8) is 0 Å². The monoisotopic (exact) mass is 397 g/mol. The van der Waals surface area contributed by atoms with Crippen LogP contribution in [0.3, 0.4) is 0 Å². The number of aromatic nitrogens is 1. The molecule has 154 valence electrons. The molecule has 1 aromatic heterocycles. The van der Waals surface area contributed by atoms with Gasteiger partial charge < -0.3 is 15.0 Å². The zero-order valence-electron chi connectivity index (χ0n) is 17.1. The summed E-state index contributed by atoms with van der Waals surface area (Å²) >= 11 is 0. The number of benzene rings is 1. The molecule has 0 unspecified atom stereocenters. The number of nitrogens with zero attached hydrogens (tertiary/aromatic N) is 2. The fourth-order valence-electron chi connectivity index (χ4n) is 4.20. The number of anilines is 1. The Morgan fingerprint density at radius 1 is 1.28 bits per heavy atom. The highest BCUT2D eigenvalue weighted by Gasteiger charge is 2.29. The Kier molecular flexibility index (Phi) is 5.69. The predicted molar refractivity (Wildman–Crippen MR) is 111 cm³/mol. The van der Waals surface area contributed by atoms with Gasteiger partial charge in [0.2, 0.25) is 0 Å². The molecule has 5 nitrogen and oxygen atoms in total. The van der Waals surface area contributed by atoms with Gasteiger partial charge in [-0.2, -0.15) is 0 Å². The second-order valence-electron chi connectivity index (χ2n) is 7.94. The number of carbonyl (C=O) groups is 1. The van der Waals surface area contributed by atoms with Gasteiger partial charge in [0.25, 0.3) is 5.91 Å². The van der Waals surface area contributed by atoms with Crippen LogP contribution in [0.5, 0.6) is 5.75 Å². The third-order valence-corrected chi connectivity index (χ3v) is 5.96. The molecular weight excluding hydrogens is 369 g/mol. The first-order chi connectivity index (χ1) is 14.1. The molecule has 1 saturated carbocycles. The molecule has 2 aromatic rings. The highest BCUT2D eigenvalue weighted by atomic mass is 19.1. The molecule has 0 radical (unpaired) electrons. The Morgan fingerprint density at radius 2 is 2.07 bits per heavy atom. The zero-order chi connectivity index (χ0) is 20.4. The van der Waals surface area contributed by atoms with Crippen molar-refractivity contribution < 1.29 is 13.9 Å². The summed E-state index contributed by atoms with van der Waals surface area (Å²) in [5.41, 5.74) is 2.41. The second kappa shape index (κ2) is 8.39. The molecule has 6 heteroatoms. The summed E-state index contributed by atoms with van der Waals surface area (Å²) in [4.78, 5) is 18.6. The van der Waals surface area contributed by atoms with Gasteiger partial charge in [-0.15, -0.1) is 0 Å². The van der Waals surface area contributed by atoms with E-state index >= 15 is 0 Å². The number of hydrogen-bond donors (Lipinski definition) is 1. The van der Waals surface area contributed by atoms with Crippen LogP contribution in [-0.2, 0) is 6.54 Å². The van der Waals surface area contributed by atoms with E-state index in [-0.39, 0.29) is 23.9 Å². The van der Waals surface area contributed by atoms with Gasteiger partial charge in [-0.3, -0.25) is 4.79 Å². The summed E-state index contributed by atoms with van der Waals surface area (Å²) in [5, 5.41) is 3.35. The van der Waals surface area contributed by atoms with E-state index in [9.17, 15) is 9.18 Å². The SMILES string of the molecule is CCN1Cc2c(ccnc2N[C@@H](C)c2ccc(OC3CCCCC3)c(F)c2)C1=O. The third-order valence-electron chi connectivity index (χ3n) is 5.96. The van der Waals surface area contributed by atoms with Crippen molar-refractivity contribution in [3.8, 4) is 5.75 Å². The summed E-state index contributed by atoms with van der Waals surface area (Å²) < 4.78 is 20.5. The van der Waals surface area contributed by atoms with Crippen LogP contribution in [0, 0.1) is 5.82 Å². The van der Waals surface area contributed by atoms with Gasteiger partial charge in [0.1, 0.15) is 5.82 Å². The van der Waals surface area contributed by atoms with Gasteiger partial charge in [-0.25, -0.2) is 9.37 Å². The van der Waals surface area contributed by atoms with Crippen LogP contribution in [0.25, 0.3) is 0 Å². The predicted octanol–water partition coefficient (Wildman–Crippen LogP) is 5.08. The van der Waals surface area contributed by atoms with Gasteiger partial charge in [0.15, 0.2) is 11.6 Å². The number of hydrogen-bond acceptors (Lipinski definition) is 4. The van der Waals surface area contributed by atoms with E-state index in [1.807, 2.05) is 19.9 Å². The number of carbonyl (C=O) groups excluding carboxylic acids is 1. The second-order valence-corrected chi connectivity index (χ2v) is 7.94. The van der Waals surface area contributed by atoms with Crippen molar-refractivity contribution in [1.82, 2.24) is 9.88 Å². The van der Waals surface area contributed by atoms with Gasteiger partial charge in [-0.05, 0) is 63.3 Å². The number of pyridine rings is 1. The Morgan fingerprint density at radius 3 is 2.79 bits per heavy atom. The van der Waals surface area contributed by atoms with Crippen molar-refractivity contribution >= 4 is 11.7 Å². The number of fused-ring (bicyclic) bond motifs is 1. The molecule has 2 heterocycles. The van der Waals surface area contributed by atoms with Crippen molar-refractivity contribution in [3.05, 3.63) is 53.0 Å². The summed E-state index contributed by atoms with van der Waals surface area (Å²) in [6, 6.07) is 6.76. The first kappa shape index (κ1) is 19.7. The standard InChI is InChI=1S/C23H28FN3O2/c1-3-27-14-19-18(23(27)28)11-12-25-22(19)26-15(2)16-9-10-21(20(24)13-16)29-17-7-5-4-6-8-17/h9-13,15,17H,3-8,14H2,1-2H3,(H,25,26)/t15-/m0/s1. The van der Waals surface area contributed by atoms with Crippen LogP contribution in [0.1, 0.15) is 73.5 Å². The van der Waals surface area contributed by atoms with Crippen LogP contribution in [0.4, 0.5) is 10.2 Å². The molecule has 1 fully saturated rings. The maximum atomic E-state index is 14.7. The molecular formula is C23H28FN3O2. The largest absolute Gasteiger partial charge is 0.487 e. The first-order valence-corrected chi connectivity index (χ1v) is 10.6. The number of halogens is 1. The maximum absolute atomic E-state index is 14.7. The lowest BCUT2D eigenvalue weighted by atomic mass is 9.98. The van der Waals surface area contributed by atoms with E-state index in [2.05, 4.69) is 10.3 Å². The minimum Gasteiger partial charge on any atom is -0.487 e. The number of amides is 1. The molecule has 0 spiro atoms. The average Bonchev–Trinajstić information content (AvgIpc) is 3.07. The number of rotatable bonds is 6. The van der Waals surface area contributed by atoms with Crippen molar-refractivity contribution in [2.45, 2.75) is 64.6 Å². The van der Waals surface area contributed by atoms with Crippen LogP contribution in [0.15, 0.2) is 30.5 Å². The summed E-state index contributed by atoms with van der Waals surface area (Å²) in [6.45, 7) is 5.14. The molecule has 1 N–H and O–H groups in total. The van der Waals surface area contributed by atoms with Crippen LogP contribution in [-0.4, -0.2) is 28.4 Å². The lowest BCUT2D eigenvalue weighted by Crippen LogP contribution is -2.22. The fourth-order valence-corrected chi connectivity index (χ4v) is 4.20. The van der Waals surface area contributed by atoms with E-state index in [0.717, 1.165) is 36.8 Å². The molecule has 1 amide bonds. The molecule has 1 aliphatic carbocycles. The van der Waals surface area contributed by atoms with E-state index in [4.69, 9.17) is 4.74 Å². The van der Waals surface area contributed by atoms with Gasteiger partial charge in [-0.1, -0.05) is 12.5 Å². The lowest BCUT2D eigenvalue weighted by molar-refractivity contribution is 0.0787. The van der Waals surface area contributed by atoms with Crippen molar-refractivity contribution in [1.29, 1.82) is 0 Å². The minimum absolute atomic E-state index is 0.0378. The van der Waals surface area contributed by atoms with Crippen LogP contribution in [0.2, 0.25) is 0 Å². The van der Waals surface area contributed by atoms with Gasteiger partial charge in [0, 0.05) is 23.9 Å². The smallest absolute Gasteiger partial charge is 0.254 e. The summed E-state index contributed by atoms with van der Waals surface area (Å²) in [7, 11) is 0. The Labute approximate surface area is 171 Å². The maximum Gasteiger partial charge on any atom is 0.254 e. The topological polar surface area (TPSA) is 54.5 Å². The van der Waals surface area contributed by atoms with E-state index in [0.29, 0.717) is 30.2 Å². The van der Waals surface area contributed by atoms with E-state index in [1.54, 1.807) is 23.2 Å². The lowest BCUT2D eigenvalue weighted by Gasteiger charge is -2.24. The molecule has 1 aliphatic heterocycles. The van der Waals surface area contributed by atoms with E-state index in [1.165, 1.54) is 12.5 Å². The number of ether oxygens (including phenoxy) is 1. The molecule has 29 heavy (non-hydrogen) atoms. The average molecular weight is 397 g/mol. The highest BCUT2D eigenvalue weighted by molar-refractivity contribution is 5.99. The normalized spacial score (nSPS) is 17.9. The molecule has 1 aromatic carbocycles. The molecule has 0 saturated heterocycles. The summed E-state index contributed by atoms with van der Waals surface area (Å²) in [5.74, 6) is 0.717. The Balaban J connectivity index is 1.48. The van der Waals surface area contributed by atoms with E-state index < -0.39 is 0 Å². The van der Waals surface area contributed by atoms with Gasteiger partial charge in [0.05, 0.1) is 18.7 Å². The minimum atomic E-state index is -0.333. The van der Waals surface area contributed by atoms with Crippen LogP contribution < -0.4 is 10.1 Å². The number of nitrogens with one attached hydrogen (secondary N) is 1. The van der Waals surface area contributed by atoms with Crippen molar-refractivity contribution in [2.75, 3.05) is 11.9 Å². The summed E-state index contributed by atoms with van der Waals surface area (Å²) in [6.07, 6.45) is 7.30. The quantitative estimate of drug-likeness (QED) is 0.738.